The summed E-state index contributed by atoms with van der Waals surface area (Å²) >= 11 is 0. The second-order valence-corrected chi connectivity index (χ2v) is 10.1. The van der Waals surface area contributed by atoms with Crippen LogP contribution in [0.3, 0.4) is 0 Å². The van der Waals surface area contributed by atoms with Crippen LogP contribution in [0.25, 0.3) is 0 Å². The summed E-state index contributed by atoms with van der Waals surface area (Å²) < 4.78 is 3.20. The van der Waals surface area contributed by atoms with Crippen LogP contribution in [0.4, 0.5) is 11.4 Å². The lowest BCUT2D eigenvalue weighted by Gasteiger charge is -2.56. The fourth-order valence-electron chi connectivity index (χ4n) is 6.58. The maximum Gasteiger partial charge on any atom is 0.320 e. The molecular weight excluding hydrogens is 426 g/mol. The van der Waals surface area contributed by atoms with Gasteiger partial charge in [-0.3, -0.25) is 29.1 Å². The van der Waals surface area contributed by atoms with E-state index in [2.05, 4.69) is 15.5 Å². The number of nitrogens with one attached hydrogen (secondary N) is 1. The van der Waals surface area contributed by atoms with Crippen molar-refractivity contribution in [3.05, 3.63) is 33.9 Å². The average molecular weight is 456 g/mol. The van der Waals surface area contributed by atoms with Gasteiger partial charge in [0, 0.05) is 20.6 Å². The molecule has 33 heavy (non-hydrogen) atoms. The number of nitro groups is 1. The van der Waals surface area contributed by atoms with Crippen LogP contribution >= 0.6 is 0 Å². The Balaban J connectivity index is 1.48. The summed E-state index contributed by atoms with van der Waals surface area (Å²) in [4.78, 5) is 38.5. The van der Waals surface area contributed by atoms with E-state index < -0.39 is 10.8 Å². The molecule has 11 heteroatoms. The molecule has 6 rings (SSSR count). The molecule has 0 unspecified atom stereocenters. The van der Waals surface area contributed by atoms with Crippen LogP contribution < -0.4 is 5.32 Å². The van der Waals surface area contributed by atoms with E-state index >= 15 is 0 Å². The Kier molecular flexibility index (Phi) is 5.02. The van der Waals surface area contributed by atoms with Gasteiger partial charge < -0.3 is 10.2 Å². The molecule has 0 saturated heterocycles. The Labute approximate surface area is 191 Å². The van der Waals surface area contributed by atoms with Gasteiger partial charge in [0.25, 0.3) is 11.8 Å². The topological polar surface area (TPSA) is 128 Å². The lowest BCUT2D eigenvalue weighted by molar-refractivity contribution is -0.385. The SMILES string of the molecule is CCn1ncc(NC(=O)c2nn(C34CC5CC(CC(C5)C3)C4)cc2[N+](=O)[O-])c1C(=O)N(C)C. The van der Waals surface area contributed by atoms with Gasteiger partial charge in [-0.1, -0.05) is 0 Å². The Morgan fingerprint density at radius 3 is 2.33 bits per heavy atom. The molecular formula is C22H29N7O4. The van der Waals surface area contributed by atoms with Crippen molar-refractivity contribution in [3.63, 3.8) is 0 Å². The van der Waals surface area contributed by atoms with Crippen LogP contribution in [0.15, 0.2) is 12.4 Å². The molecule has 4 bridgehead atoms. The Hall–Kier alpha value is -3.24. The summed E-state index contributed by atoms with van der Waals surface area (Å²) in [6.07, 6.45) is 9.42. The highest BCUT2D eigenvalue weighted by molar-refractivity contribution is 6.09. The fourth-order valence-corrected chi connectivity index (χ4v) is 6.58. The lowest BCUT2D eigenvalue weighted by atomic mass is 9.53. The maximum atomic E-state index is 13.2. The number of rotatable bonds is 6. The summed E-state index contributed by atoms with van der Waals surface area (Å²) in [7, 11) is 3.22. The zero-order chi connectivity index (χ0) is 23.5. The average Bonchev–Trinajstić information content (AvgIpc) is 3.37. The summed E-state index contributed by atoms with van der Waals surface area (Å²) in [6.45, 7) is 2.27. The van der Waals surface area contributed by atoms with Crippen molar-refractivity contribution in [2.24, 2.45) is 17.8 Å². The number of carbonyl (C=O) groups is 2. The minimum atomic E-state index is -0.714. The number of amides is 2. The Morgan fingerprint density at radius 2 is 1.82 bits per heavy atom. The molecule has 0 aromatic carbocycles. The molecule has 176 valence electrons. The van der Waals surface area contributed by atoms with E-state index in [1.165, 1.54) is 41.2 Å². The van der Waals surface area contributed by atoms with E-state index in [0.717, 1.165) is 19.3 Å². The zero-order valence-electron chi connectivity index (χ0n) is 19.2. The first-order valence-corrected chi connectivity index (χ1v) is 11.5. The Bertz CT molecular complexity index is 1100. The highest BCUT2D eigenvalue weighted by Crippen LogP contribution is 2.58. The van der Waals surface area contributed by atoms with Crippen molar-refractivity contribution < 1.29 is 14.5 Å². The van der Waals surface area contributed by atoms with Gasteiger partial charge in [0.2, 0.25) is 5.69 Å². The molecule has 0 radical (unpaired) electrons. The molecule has 0 spiro atoms. The molecule has 4 aliphatic carbocycles. The highest BCUT2D eigenvalue weighted by atomic mass is 16.6. The predicted octanol–water partition coefficient (Wildman–Crippen LogP) is 2.89. The van der Waals surface area contributed by atoms with Crippen LogP contribution in [0.5, 0.6) is 0 Å². The fraction of sp³-hybridized carbons (Fsp3) is 0.636. The third-order valence-corrected chi connectivity index (χ3v) is 7.59. The van der Waals surface area contributed by atoms with E-state index in [1.54, 1.807) is 18.8 Å². The molecule has 0 atom stereocenters. The molecule has 2 aromatic rings. The van der Waals surface area contributed by atoms with Gasteiger partial charge in [0.05, 0.1) is 22.3 Å². The van der Waals surface area contributed by atoms with Crippen molar-refractivity contribution in [1.82, 2.24) is 24.5 Å². The minimum absolute atomic E-state index is 0.208. The van der Waals surface area contributed by atoms with E-state index in [9.17, 15) is 19.7 Å². The first-order valence-electron chi connectivity index (χ1n) is 11.5. The molecule has 1 N–H and O–H groups in total. The van der Waals surface area contributed by atoms with Crippen LogP contribution in [0.1, 0.15) is 66.4 Å². The summed E-state index contributed by atoms with van der Waals surface area (Å²) in [6, 6.07) is 0. The third-order valence-electron chi connectivity index (χ3n) is 7.59. The van der Waals surface area contributed by atoms with Crippen LogP contribution in [-0.4, -0.2) is 55.3 Å². The second kappa shape index (κ2) is 7.67. The molecule has 2 heterocycles. The van der Waals surface area contributed by atoms with E-state index in [0.29, 0.717) is 24.3 Å². The van der Waals surface area contributed by atoms with Crippen molar-refractivity contribution in [2.75, 3.05) is 19.4 Å². The van der Waals surface area contributed by atoms with Gasteiger partial charge >= 0.3 is 5.69 Å². The van der Waals surface area contributed by atoms with Crippen LogP contribution in [0, 0.1) is 27.9 Å². The van der Waals surface area contributed by atoms with Crippen molar-refractivity contribution in [2.45, 2.75) is 57.5 Å². The quantitative estimate of drug-likeness (QED) is 0.527. The normalized spacial score (nSPS) is 27.5. The smallest absolute Gasteiger partial charge is 0.320 e. The molecule has 4 aliphatic rings. The van der Waals surface area contributed by atoms with Gasteiger partial charge in [-0.25, -0.2) is 0 Å². The number of aromatic nitrogens is 4. The zero-order valence-corrected chi connectivity index (χ0v) is 19.2. The maximum absolute atomic E-state index is 13.2. The number of anilines is 1. The Morgan fingerprint density at radius 1 is 1.21 bits per heavy atom. The molecule has 4 fully saturated rings. The van der Waals surface area contributed by atoms with Gasteiger partial charge in [-0.15, -0.1) is 0 Å². The van der Waals surface area contributed by atoms with E-state index in [4.69, 9.17) is 0 Å². The van der Waals surface area contributed by atoms with Crippen LogP contribution in [0.2, 0.25) is 0 Å². The van der Waals surface area contributed by atoms with Gasteiger partial charge in [0.15, 0.2) is 0 Å². The second-order valence-electron chi connectivity index (χ2n) is 10.1. The first kappa shape index (κ1) is 21.6. The number of aryl methyl sites for hydroxylation is 1. The number of hydrogen-bond donors (Lipinski definition) is 1. The van der Waals surface area contributed by atoms with Crippen molar-refractivity contribution >= 4 is 23.2 Å². The molecule has 0 aliphatic heterocycles. The number of carbonyl (C=O) groups excluding carboxylic acids is 2. The van der Waals surface area contributed by atoms with E-state index in [1.807, 2.05) is 6.92 Å². The summed E-state index contributed by atoms with van der Waals surface area (Å²) in [5, 5.41) is 23.1. The van der Waals surface area contributed by atoms with Gasteiger partial charge in [0.1, 0.15) is 11.9 Å². The minimum Gasteiger partial charge on any atom is -0.343 e. The van der Waals surface area contributed by atoms with Crippen molar-refractivity contribution in [3.8, 4) is 0 Å². The number of nitrogens with zero attached hydrogens (tertiary/aromatic N) is 6. The lowest BCUT2D eigenvalue weighted by Crippen LogP contribution is -2.52. The largest absolute Gasteiger partial charge is 0.343 e. The summed E-state index contributed by atoms with van der Waals surface area (Å²) in [5.41, 5.74) is -0.356. The molecule has 11 nitrogen and oxygen atoms in total. The molecule has 2 amide bonds. The van der Waals surface area contributed by atoms with Gasteiger partial charge in [-0.2, -0.15) is 10.2 Å². The van der Waals surface area contributed by atoms with E-state index in [-0.39, 0.29) is 34.2 Å². The first-order chi connectivity index (χ1) is 15.7. The monoisotopic (exact) mass is 455 g/mol. The van der Waals surface area contributed by atoms with Crippen molar-refractivity contribution in [1.29, 1.82) is 0 Å². The predicted molar refractivity (Wildman–Crippen MR) is 119 cm³/mol. The highest BCUT2D eigenvalue weighted by Gasteiger charge is 2.53. The van der Waals surface area contributed by atoms with Gasteiger partial charge in [-0.05, 0) is 63.2 Å². The standard InChI is InChI=1S/C22H29N7O4/c1-4-27-19(21(31)26(2)3)16(11-23-27)24-20(30)18-17(29(32)33)12-28(25-18)22-8-13-5-14(9-22)7-15(6-13)10-22/h11-15H,4-10H2,1-3H3,(H,24,30). The molecule has 4 saturated carbocycles. The van der Waals surface area contributed by atoms with Crippen LogP contribution in [-0.2, 0) is 12.1 Å². The summed E-state index contributed by atoms with van der Waals surface area (Å²) in [5.74, 6) is 0.871. The molecule has 2 aromatic heterocycles. The number of hydrogen-bond acceptors (Lipinski definition) is 6. The third kappa shape index (κ3) is 3.50.